The molecule has 2 aromatic rings. The second-order valence-corrected chi connectivity index (χ2v) is 7.14. The maximum absolute atomic E-state index is 13.4. The minimum atomic E-state index is -4.87. The number of amides is 1. The Morgan fingerprint density at radius 1 is 1.28 bits per heavy atom. The van der Waals surface area contributed by atoms with Gasteiger partial charge in [0.25, 0.3) is 17.9 Å². The zero-order valence-corrected chi connectivity index (χ0v) is 16.6. The monoisotopic (exact) mass is 461 g/mol. The van der Waals surface area contributed by atoms with Crippen LogP contribution in [0.4, 0.5) is 22.0 Å². The second kappa shape index (κ2) is 9.65. The van der Waals surface area contributed by atoms with E-state index in [1.165, 1.54) is 24.3 Å². The highest BCUT2D eigenvalue weighted by Gasteiger charge is 2.36. The highest BCUT2D eigenvalue weighted by atomic mass is 19.4. The maximum Gasteiger partial charge on any atom is 0.431 e. The van der Waals surface area contributed by atoms with Gasteiger partial charge >= 0.3 is 6.18 Å². The largest absolute Gasteiger partial charge is 0.491 e. The van der Waals surface area contributed by atoms with Crippen molar-refractivity contribution in [2.45, 2.75) is 18.7 Å². The number of aromatic amines is 1. The molecule has 2 heterocycles. The molecule has 1 aromatic carbocycles. The van der Waals surface area contributed by atoms with Gasteiger partial charge in [-0.2, -0.15) is 13.2 Å². The number of primary amides is 1. The zero-order valence-electron chi connectivity index (χ0n) is 16.6. The van der Waals surface area contributed by atoms with Gasteiger partial charge in [0.05, 0.1) is 13.2 Å². The van der Waals surface area contributed by atoms with Crippen LogP contribution in [0.5, 0.6) is 5.75 Å². The Morgan fingerprint density at radius 3 is 2.56 bits per heavy atom. The summed E-state index contributed by atoms with van der Waals surface area (Å²) in [4.78, 5) is 26.4. The molecular weight excluding hydrogens is 441 g/mol. The molecule has 1 unspecified atom stereocenters. The van der Waals surface area contributed by atoms with Crippen molar-refractivity contribution in [3.63, 3.8) is 0 Å². The number of nitrogens with two attached hydrogens (primary N) is 1. The molecule has 1 amide bonds. The topological polar surface area (TPSA) is 97.7 Å². The van der Waals surface area contributed by atoms with Crippen molar-refractivity contribution >= 4 is 5.91 Å². The molecule has 3 N–H and O–H groups in total. The van der Waals surface area contributed by atoms with E-state index in [9.17, 15) is 31.5 Å². The fourth-order valence-corrected chi connectivity index (χ4v) is 3.33. The Morgan fingerprint density at radius 2 is 1.97 bits per heavy atom. The van der Waals surface area contributed by atoms with Crippen molar-refractivity contribution in [3.05, 3.63) is 51.9 Å². The molecule has 0 spiro atoms. The first-order chi connectivity index (χ1) is 15.0. The highest BCUT2D eigenvalue weighted by Crippen LogP contribution is 2.35. The molecule has 1 aliphatic heterocycles. The van der Waals surface area contributed by atoms with Crippen LogP contribution in [0.15, 0.2) is 35.1 Å². The number of carbonyl (C=O) groups is 1. The van der Waals surface area contributed by atoms with Crippen LogP contribution in [0, 0.1) is 0 Å². The summed E-state index contributed by atoms with van der Waals surface area (Å²) in [5.41, 5.74) is 1.58. The average Bonchev–Trinajstić information content (AvgIpc) is 2.71. The highest BCUT2D eigenvalue weighted by molar-refractivity contribution is 5.94. The van der Waals surface area contributed by atoms with Crippen LogP contribution in [0.2, 0.25) is 0 Å². The summed E-state index contributed by atoms with van der Waals surface area (Å²) >= 11 is 0. The fourth-order valence-electron chi connectivity index (χ4n) is 3.33. The van der Waals surface area contributed by atoms with Crippen LogP contribution in [0.1, 0.15) is 16.1 Å². The first-order valence-corrected chi connectivity index (χ1v) is 9.54. The van der Waals surface area contributed by atoms with Crippen molar-refractivity contribution in [2.24, 2.45) is 5.73 Å². The van der Waals surface area contributed by atoms with Gasteiger partial charge in [0.15, 0.2) is 0 Å². The lowest BCUT2D eigenvalue weighted by Crippen LogP contribution is -2.46. The number of carbonyl (C=O) groups excluding carboxylic acids is 1. The lowest BCUT2D eigenvalue weighted by molar-refractivity contribution is -0.140. The summed E-state index contributed by atoms with van der Waals surface area (Å²) in [5.74, 6) is -0.842. The normalized spacial score (nSPS) is 17.5. The number of aromatic nitrogens is 1. The zero-order chi connectivity index (χ0) is 23.5. The summed E-state index contributed by atoms with van der Waals surface area (Å²) in [6.07, 6.45) is -7.76. The summed E-state index contributed by atoms with van der Waals surface area (Å²) in [6.45, 7) is 0.655. The Labute approximate surface area is 178 Å². The molecule has 1 saturated heterocycles. The molecule has 0 radical (unpaired) electrons. The summed E-state index contributed by atoms with van der Waals surface area (Å²) in [6, 6.07) is 6.27. The first kappa shape index (κ1) is 23.7. The van der Waals surface area contributed by atoms with Crippen LogP contribution in [0.3, 0.4) is 0 Å². The average molecular weight is 461 g/mol. The number of nitrogens with one attached hydrogen (secondary N) is 1. The third-order valence-electron chi connectivity index (χ3n) is 4.81. The predicted molar refractivity (Wildman–Crippen MR) is 104 cm³/mol. The number of hydrogen-bond acceptors (Lipinski definition) is 5. The molecule has 0 aliphatic carbocycles. The van der Waals surface area contributed by atoms with Crippen molar-refractivity contribution in [1.29, 1.82) is 0 Å². The van der Waals surface area contributed by atoms with E-state index in [2.05, 4.69) is 0 Å². The van der Waals surface area contributed by atoms with Crippen LogP contribution >= 0.6 is 0 Å². The Kier molecular flexibility index (Phi) is 7.14. The number of ether oxygens (including phenoxy) is 2. The van der Waals surface area contributed by atoms with E-state index in [4.69, 9.17) is 15.2 Å². The van der Waals surface area contributed by atoms with Gasteiger partial charge in [-0.15, -0.1) is 0 Å². The number of rotatable bonds is 7. The molecule has 1 fully saturated rings. The van der Waals surface area contributed by atoms with Gasteiger partial charge in [-0.3, -0.25) is 14.5 Å². The molecular formula is C20H20F5N3O4. The van der Waals surface area contributed by atoms with E-state index in [0.29, 0.717) is 12.3 Å². The minimum absolute atomic E-state index is 0.0668. The number of hydrogen-bond donors (Lipinski definition) is 2. The van der Waals surface area contributed by atoms with Crippen LogP contribution in [0.25, 0.3) is 11.1 Å². The van der Waals surface area contributed by atoms with Crippen LogP contribution in [-0.4, -0.2) is 61.2 Å². The van der Waals surface area contributed by atoms with Crippen molar-refractivity contribution in [3.8, 4) is 16.9 Å². The van der Waals surface area contributed by atoms with E-state index in [0.717, 1.165) is 6.07 Å². The maximum atomic E-state index is 13.4. The Balaban J connectivity index is 1.75. The van der Waals surface area contributed by atoms with Crippen LogP contribution < -0.4 is 16.0 Å². The lowest BCUT2D eigenvalue weighted by Gasteiger charge is -2.32. The summed E-state index contributed by atoms with van der Waals surface area (Å²) < 4.78 is 76.3. The summed E-state index contributed by atoms with van der Waals surface area (Å²) in [7, 11) is 0. The smallest absolute Gasteiger partial charge is 0.431 e. The number of alkyl halides is 5. The fraction of sp³-hybridized carbons (Fsp3) is 0.400. The lowest BCUT2D eigenvalue weighted by atomic mass is 10.0. The molecule has 1 aromatic heterocycles. The molecule has 0 bridgehead atoms. The van der Waals surface area contributed by atoms with Crippen molar-refractivity contribution < 1.29 is 36.2 Å². The Bertz CT molecular complexity index is 1010. The summed E-state index contributed by atoms with van der Waals surface area (Å²) in [5, 5.41) is 0. The molecule has 1 aliphatic rings. The molecule has 174 valence electrons. The molecule has 1 atom stereocenters. The minimum Gasteiger partial charge on any atom is -0.491 e. The van der Waals surface area contributed by atoms with E-state index in [1.54, 1.807) is 9.88 Å². The van der Waals surface area contributed by atoms with E-state index < -0.39 is 47.0 Å². The van der Waals surface area contributed by atoms with Gasteiger partial charge < -0.3 is 20.2 Å². The number of halogens is 5. The number of H-pyrrole nitrogens is 1. The van der Waals surface area contributed by atoms with Gasteiger partial charge in [-0.05, 0) is 23.8 Å². The third kappa shape index (κ3) is 5.82. The van der Waals surface area contributed by atoms with Crippen LogP contribution in [-0.2, 0) is 10.9 Å². The van der Waals surface area contributed by atoms with Gasteiger partial charge in [-0.25, -0.2) is 8.78 Å². The number of nitrogens with zero attached hydrogens (tertiary/aromatic N) is 1. The van der Waals surface area contributed by atoms with E-state index in [1.807, 2.05) is 0 Å². The molecule has 32 heavy (non-hydrogen) atoms. The standard InChI is InChI=1S/C20H20F5N3O4/c21-16(22)9-28-5-6-31-13(8-28)10-32-12-3-1-11(2-4-12)14-7-15(18(26)29)19(30)27-17(14)20(23,24)25/h1-4,7,13,16H,5-6,8-10H2,(H2,26,29)(H,27,30). The molecule has 7 nitrogen and oxygen atoms in total. The number of pyridine rings is 1. The van der Waals surface area contributed by atoms with Gasteiger partial charge in [-0.1, -0.05) is 12.1 Å². The van der Waals surface area contributed by atoms with Crippen molar-refractivity contribution in [2.75, 3.05) is 32.8 Å². The number of benzene rings is 1. The SMILES string of the molecule is NC(=O)c1cc(-c2ccc(OCC3CN(CC(F)F)CCO3)cc2)c(C(F)(F)F)[nH]c1=O. The third-order valence-corrected chi connectivity index (χ3v) is 4.81. The van der Waals surface area contributed by atoms with Gasteiger partial charge in [0, 0.05) is 18.7 Å². The van der Waals surface area contributed by atoms with E-state index >= 15 is 0 Å². The number of morpholine rings is 1. The molecule has 12 heteroatoms. The Hall–Kier alpha value is -2.99. The van der Waals surface area contributed by atoms with E-state index in [-0.39, 0.29) is 31.9 Å². The molecule has 3 rings (SSSR count). The second-order valence-electron chi connectivity index (χ2n) is 7.14. The quantitative estimate of drug-likeness (QED) is 0.618. The first-order valence-electron chi connectivity index (χ1n) is 9.54. The molecule has 0 saturated carbocycles. The van der Waals surface area contributed by atoms with Gasteiger partial charge in [0.2, 0.25) is 0 Å². The predicted octanol–water partition coefficient (Wildman–Crippen LogP) is 2.50. The van der Waals surface area contributed by atoms with Crippen molar-refractivity contribution in [1.82, 2.24) is 9.88 Å². The van der Waals surface area contributed by atoms with Gasteiger partial charge in [0.1, 0.15) is 29.7 Å².